The average molecular weight is 465 g/mol. The van der Waals surface area contributed by atoms with Crippen LogP contribution < -0.4 is 5.73 Å². The summed E-state index contributed by atoms with van der Waals surface area (Å²) in [4.78, 5) is 37.7. The highest BCUT2D eigenvalue weighted by atomic mass is 16.5. The molecule has 180 valence electrons. The molecule has 1 aliphatic carbocycles. The number of para-hydroxylation sites is 1. The molecular formula is C27H32N2O5. The van der Waals surface area contributed by atoms with Gasteiger partial charge in [0.05, 0.1) is 23.9 Å². The largest absolute Gasteiger partial charge is 0.505 e. The third-order valence-electron chi connectivity index (χ3n) is 6.25. The second-order valence-corrected chi connectivity index (χ2v) is 9.03. The third-order valence-corrected chi connectivity index (χ3v) is 6.25. The fourth-order valence-corrected chi connectivity index (χ4v) is 4.40. The van der Waals surface area contributed by atoms with Crippen molar-refractivity contribution in [3.8, 4) is 0 Å². The van der Waals surface area contributed by atoms with Gasteiger partial charge in [-0.05, 0) is 51.2 Å². The molecule has 3 N–H and O–H groups in total. The molecule has 0 unspecified atom stereocenters. The quantitative estimate of drug-likeness (QED) is 0.261. The molecule has 1 aromatic carbocycles. The Labute approximate surface area is 199 Å². The first-order valence-corrected chi connectivity index (χ1v) is 11.4. The lowest BCUT2D eigenvalue weighted by Gasteiger charge is -2.24. The number of ketones is 2. The van der Waals surface area contributed by atoms with Crippen LogP contribution in [0.25, 0.3) is 16.6 Å². The summed E-state index contributed by atoms with van der Waals surface area (Å²) in [7, 11) is 1.29. The van der Waals surface area contributed by atoms with E-state index < -0.39 is 23.6 Å². The molecule has 0 spiro atoms. The number of hydrogen-bond donors (Lipinski definition) is 2. The van der Waals surface area contributed by atoms with Crippen molar-refractivity contribution in [2.45, 2.75) is 53.0 Å². The molecule has 2 aromatic rings. The molecule has 7 heteroatoms. The first-order valence-electron chi connectivity index (χ1n) is 11.4. The molecular weight excluding hydrogens is 432 g/mol. The van der Waals surface area contributed by atoms with E-state index in [1.165, 1.54) is 12.7 Å². The standard InChI is InChI=1S/C27H32N2O5/c1-15(2)9-8-10-16(3)22-25(31)23(17(4)24(30)26(22)32)29-14-18(13-20(28)27(33)34-5)19-11-6-7-12-21(19)29/h6-7,9,11-12,14,16,20,31H,8,10,13,28H2,1-5H3/t16-,20-/m1/s1. The van der Waals surface area contributed by atoms with Gasteiger partial charge in [0.1, 0.15) is 11.8 Å². The number of benzene rings is 1. The maximum atomic E-state index is 12.9. The van der Waals surface area contributed by atoms with Gasteiger partial charge in [0.15, 0.2) is 0 Å². The number of nitrogens with zero attached hydrogens (tertiary/aromatic N) is 1. The molecule has 0 radical (unpaired) electrons. The van der Waals surface area contributed by atoms with Gasteiger partial charge in [-0.15, -0.1) is 0 Å². The number of methoxy groups -OCH3 is 1. The third kappa shape index (κ3) is 4.75. The fraction of sp³-hybridized carbons (Fsp3) is 0.370. The number of aromatic nitrogens is 1. The Balaban J connectivity index is 2.13. The van der Waals surface area contributed by atoms with Crippen LogP contribution in [0.15, 0.2) is 59.0 Å². The van der Waals surface area contributed by atoms with Gasteiger partial charge < -0.3 is 20.1 Å². The molecule has 1 aromatic heterocycles. The van der Waals surface area contributed by atoms with E-state index in [9.17, 15) is 19.5 Å². The van der Waals surface area contributed by atoms with Gasteiger partial charge in [0.2, 0.25) is 11.6 Å². The zero-order valence-electron chi connectivity index (χ0n) is 20.3. The first-order chi connectivity index (χ1) is 16.1. The van der Waals surface area contributed by atoms with Crippen LogP contribution in [-0.4, -0.2) is 40.4 Å². The van der Waals surface area contributed by atoms with Crippen LogP contribution in [0.3, 0.4) is 0 Å². The second kappa shape index (κ2) is 10.2. The minimum Gasteiger partial charge on any atom is -0.505 e. The number of Topliss-reactive ketones (excluding diaryl/α,β-unsaturated/α-hetero) is 2. The van der Waals surface area contributed by atoms with Crippen LogP contribution in [-0.2, 0) is 25.5 Å². The molecule has 0 amide bonds. The Morgan fingerprint density at radius 2 is 1.88 bits per heavy atom. The fourth-order valence-electron chi connectivity index (χ4n) is 4.40. The average Bonchev–Trinajstić information content (AvgIpc) is 3.15. The molecule has 34 heavy (non-hydrogen) atoms. The molecule has 0 aliphatic heterocycles. The smallest absolute Gasteiger partial charge is 0.322 e. The number of esters is 1. The number of nitrogens with two attached hydrogens (primary N) is 1. The molecule has 0 fully saturated rings. The molecule has 0 bridgehead atoms. The lowest BCUT2D eigenvalue weighted by atomic mass is 9.83. The zero-order chi connectivity index (χ0) is 25.2. The number of carbonyl (C=O) groups excluding carboxylic acids is 3. The normalized spacial score (nSPS) is 16.2. The lowest BCUT2D eigenvalue weighted by Crippen LogP contribution is -2.33. The summed E-state index contributed by atoms with van der Waals surface area (Å²) in [6.45, 7) is 7.40. The SMILES string of the molecule is COC(=O)[C@H](N)Cc1cn(C2=C(C)C(=O)C(=O)C([C@H](C)CCC=C(C)C)=C2O)c2ccccc12. The van der Waals surface area contributed by atoms with Crippen molar-refractivity contribution in [1.29, 1.82) is 0 Å². The lowest BCUT2D eigenvalue weighted by molar-refractivity contribution is -0.142. The van der Waals surface area contributed by atoms with Gasteiger partial charge in [-0.3, -0.25) is 14.4 Å². The summed E-state index contributed by atoms with van der Waals surface area (Å²) >= 11 is 0. The van der Waals surface area contributed by atoms with Crippen LogP contribution >= 0.6 is 0 Å². The predicted molar refractivity (Wildman–Crippen MR) is 132 cm³/mol. The monoisotopic (exact) mass is 464 g/mol. The molecule has 1 heterocycles. The maximum absolute atomic E-state index is 12.9. The number of aliphatic hydroxyl groups excluding tert-OH is 1. The van der Waals surface area contributed by atoms with Crippen molar-refractivity contribution in [3.05, 3.63) is 64.6 Å². The minimum atomic E-state index is -0.858. The summed E-state index contributed by atoms with van der Waals surface area (Å²) in [5.41, 5.74) is 9.27. The summed E-state index contributed by atoms with van der Waals surface area (Å²) in [6, 6.07) is 6.60. The van der Waals surface area contributed by atoms with Crippen LogP contribution in [0, 0.1) is 5.92 Å². The van der Waals surface area contributed by atoms with Gasteiger partial charge in [-0.25, -0.2) is 0 Å². The molecule has 1 aliphatic rings. The van der Waals surface area contributed by atoms with Crippen LogP contribution in [0.1, 0.15) is 46.1 Å². The maximum Gasteiger partial charge on any atom is 0.322 e. The van der Waals surface area contributed by atoms with Crippen LogP contribution in [0.2, 0.25) is 0 Å². The topological polar surface area (TPSA) is 112 Å². The second-order valence-electron chi connectivity index (χ2n) is 9.03. The van der Waals surface area contributed by atoms with E-state index >= 15 is 0 Å². The Hall–Kier alpha value is -3.45. The van der Waals surface area contributed by atoms with E-state index in [1.54, 1.807) is 17.7 Å². The summed E-state index contributed by atoms with van der Waals surface area (Å²) < 4.78 is 6.47. The molecule has 7 nitrogen and oxygen atoms in total. The van der Waals surface area contributed by atoms with Crippen molar-refractivity contribution >= 4 is 34.1 Å². The number of hydrogen-bond acceptors (Lipinski definition) is 6. The van der Waals surface area contributed by atoms with Gasteiger partial charge in [0.25, 0.3) is 0 Å². The Morgan fingerprint density at radius 3 is 2.53 bits per heavy atom. The summed E-state index contributed by atoms with van der Waals surface area (Å²) in [5, 5.41) is 12.1. The van der Waals surface area contributed by atoms with E-state index in [1.807, 2.05) is 45.0 Å². The van der Waals surface area contributed by atoms with Crippen molar-refractivity contribution in [2.24, 2.45) is 11.7 Å². The van der Waals surface area contributed by atoms with Crippen molar-refractivity contribution in [3.63, 3.8) is 0 Å². The zero-order valence-corrected chi connectivity index (χ0v) is 20.3. The van der Waals surface area contributed by atoms with E-state index in [0.29, 0.717) is 6.42 Å². The van der Waals surface area contributed by atoms with E-state index in [0.717, 1.165) is 22.9 Å². The van der Waals surface area contributed by atoms with Gasteiger partial charge >= 0.3 is 5.97 Å². The van der Waals surface area contributed by atoms with Crippen molar-refractivity contribution < 1.29 is 24.2 Å². The van der Waals surface area contributed by atoms with Crippen LogP contribution in [0.4, 0.5) is 0 Å². The molecule has 0 saturated heterocycles. The number of carbonyl (C=O) groups is 3. The van der Waals surface area contributed by atoms with Crippen molar-refractivity contribution in [1.82, 2.24) is 4.57 Å². The Kier molecular flexibility index (Phi) is 7.57. The van der Waals surface area contributed by atoms with E-state index in [-0.39, 0.29) is 34.9 Å². The Bertz CT molecular complexity index is 1240. The molecule has 0 saturated carbocycles. The highest BCUT2D eigenvalue weighted by Gasteiger charge is 2.36. The number of allylic oxidation sites excluding steroid dienone is 5. The number of rotatable bonds is 8. The minimum absolute atomic E-state index is 0.137. The Morgan fingerprint density at radius 1 is 1.21 bits per heavy atom. The van der Waals surface area contributed by atoms with E-state index in [4.69, 9.17) is 10.5 Å². The first kappa shape index (κ1) is 25.2. The van der Waals surface area contributed by atoms with E-state index in [2.05, 4.69) is 6.08 Å². The van der Waals surface area contributed by atoms with Gasteiger partial charge in [-0.2, -0.15) is 0 Å². The highest BCUT2D eigenvalue weighted by Crippen LogP contribution is 2.36. The summed E-state index contributed by atoms with van der Waals surface area (Å²) in [5.74, 6) is -2.29. The van der Waals surface area contributed by atoms with Crippen LogP contribution in [0.5, 0.6) is 0 Å². The summed E-state index contributed by atoms with van der Waals surface area (Å²) in [6.07, 6.45) is 5.41. The molecule has 3 rings (SSSR count). The number of aliphatic hydroxyl groups is 1. The molecule has 2 atom stereocenters. The van der Waals surface area contributed by atoms with Crippen molar-refractivity contribution in [2.75, 3.05) is 7.11 Å². The predicted octanol–water partition coefficient (Wildman–Crippen LogP) is 4.26. The number of fused-ring (bicyclic) bond motifs is 1. The number of ether oxygens (including phenoxy) is 1. The highest BCUT2D eigenvalue weighted by molar-refractivity contribution is 6.51. The van der Waals surface area contributed by atoms with Gasteiger partial charge in [-0.1, -0.05) is 36.8 Å². The van der Waals surface area contributed by atoms with Gasteiger partial charge in [0, 0.05) is 23.6 Å².